The maximum atomic E-state index is 6.68. The number of aryl methyl sites for hydroxylation is 1. The van der Waals surface area contributed by atoms with Crippen LogP contribution in [-0.4, -0.2) is 0 Å². The van der Waals surface area contributed by atoms with Gasteiger partial charge in [0.1, 0.15) is 0 Å². The first-order valence-corrected chi connectivity index (χ1v) is 23.8. The van der Waals surface area contributed by atoms with Crippen LogP contribution in [0.4, 0.5) is 5.69 Å². The Bertz CT molecular complexity index is 3030. The third kappa shape index (κ3) is 13.1. The Morgan fingerprint density at radius 1 is 0.574 bits per heavy atom. The third-order valence-electron chi connectivity index (χ3n) is 11.9. The van der Waals surface area contributed by atoms with E-state index >= 15 is 0 Å². The van der Waals surface area contributed by atoms with E-state index in [-0.39, 0.29) is 0 Å². The van der Waals surface area contributed by atoms with Crippen LogP contribution in [-0.2, 0) is 0 Å². The maximum absolute atomic E-state index is 6.68. The lowest BCUT2D eigenvalue weighted by Gasteiger charge is -2.19. The molecule has 0 aliphatic heterocycles. The van der Waals surface area contributed by atoms with Gasteiger partial charge >= 0.3 is 0 Å². The zero-order valence-corrected chi connectivity index (χ0v) is 40.3. The van der Waals surface area contributed by atoms with Crippen LogP contribution in [0.1, 0.15) is 73.8 Å². The number of hydrogen-bond acceptors (Lipinski definition) is 2. The molecule has 2 heteroatoms. The Balaban J connectivity index is 0.000000178. The summed E-state index contributed by atoms with van der Waals surface area (Å²) in [6, 6.07) is 63.6. The van der Waals surface area contributed by atoms with E-state index < -0.39 is 0 Å². The molecule has 0 saturated heterocycles. The van der Waals surface area contributed by atoms with Crippen molar-refractivity contribution in [2.75, 3.05) is 5.73 Å². The van der Waals surface area contributed by atoms with E-state index in [1.165, 1.54) is 57.0 Å². The molecule has 68 heavy (non-hydrogen) atoms. The zero-order chi connectivity index (χ0) is 48.1. The minimum absolute atomic E-state index is 0.329. The molecule has 4 N–H and O–H groups in total. The maximum Gasteiger partial charge on any atom is 0.0473 e. The molecule has 1 atom stereocenters. The third-order valence-corrected chi connectivity index (χ3v) is 11.9. The van der Waals surface area contributed by atoms with Crippen molar-refractivity contribution in [3.05, 3.63) is 277 Å². The minimum atomic E-state index is 0.329. The number of nitrogen functional groups attached to an aromatic ring is 1. The van der Waals surface area contributed by atoms with Gasteiger partial charge in [0.2, 0.25) is 0 Å². The molecule has 0 amide bonds. The lowest BCUT2D eigenvalue weighted by molar-refractivity contribution is 0.786. The van der Waals surface area contributed by atoms with E-state index in [1.807, 2.05) is 51.1 Å². The van der Waals surface area contributed by atoms with Gasteiger partial charge in [0.25, 0.3) is 0 Å². The lowest BCUT2D eigenvalue weighted by atomic mass is 9.89. The van der Waals surface area contributed by atoms with Crippen molar-refractivity contribution in [3.63, 3.8) is 0 Å². The molecule has 0 radical (unpaired) electrons. The van der Waals surface area contributed by atoms with E-state index in [4.69, 9.17) is 11.5 Å². The fourth-order valence-corrected chi connectivity index (χ4v) is 8.30. The number of fused-ring (bicyclic) bond motifs is 2. The summed E-state index contributed by atoms with van der Waals surface area (Å²) in [7, 11) is 0. The van der Waals surface area contributed by atoms with E-state index in [2.05, 4.69) is 220 Å². The number of allylic oxidation sites excluding steroid dienone is 11. The Morgan fingerprint density at radius 3 is 1.74 bits per heavy atom. The van der Waals surface area contributed by atoms with Gasteiger partial charge in [0.05, 0.1) is 0 Å². The van der Waals surface area contributed by atoms with Crippen LogP contribution in [0.2, 0.25) is 0 Å². The molecular weight excluding hydrogens is 821 g/mol. The van der Waals surface area contributed by atoms with E-state index in [0.29, 0.717) is 5.92 Å². The Kier molecular flexibility index (Phi) is 18.7. The van der Waals surface area contributed by atoms with Crippen molar-refractivity contribution in [2.24, 2.45) is 5.73 Å². The summed E-state index contributed by atoms with van der Waals surface area (Å²) in [5.41, 5.74) is 27.8. The normalized spacial score (nSPS) is 13.5. The van der Waals surface area contributed by atoms with Crippen LogP contribution in [0.5, 0.6) is 0 Å². The first-order chi connectivity index (χ1) is 33.3. The van der Waals surface area contributed by atoms with Crippen LogP contribution < -0.4 is 11.5 Å². The smallest absolute Gasteiger partial charge is 0.0473 e. The quantitative estimate of drug-likeness (QED) is 0.0952. The van der Waals surface area contributed by atoms with Crippen molar-refractivity contribution < 1.29 is 0 Å². The second-order valence-corrected chi connectivity index (χ2v) is 16.5. The van der Waals surface area contributed by atoms with Gasteiger partial charge in [-0.2, -0.15) is 0 Å². The second-order valence-electron chi connectivity index (χ2n) is 16.5. The summed E-state index contributed by atoms with van der Waals surface area (Å²) < 4.78 is 0. The largest absolute Gasteiger partial charge is 0.402 e. The van der Waals surface area contributed by atoms with Crippen LogP contribution in [0.3, 0.4) is 0 Å². The van der Waals surface area contributed by atoms with Gasteiger partial charge in [0.15, 0.2) is 0 Å². The summed E-state index contributed by atoms with van der Waals surface area (Å²) in [4.78, 5) is 0. The lowest BCUT2D eigenvalue weighted by Crippen LogP contribution is -2.11. The summed E-state index contributed by atoms with van der Waals surface area (Å²) in [6.07, 6.45) is 22.2. The van der Waals surface area contributed by atoms with Gasteiger partial charge in [-0.25, -0.2) is 0 Å². The first-order valence-electron chi connectivity index (χ1n) is 23.8. The van der Waals surface area contributed by atoms with E-state index in [9.17, 15) is 0 Å². The summed E-state index contributed by atoms with van der Waals surface area (Å²) in [5, 5.41) is 4.64. The predicted octanol–water partition coefficient (Wildman–Crippen LogP) is 18.2. The van der Waals surface area contributed by atoms with Crippen molar-refractivity contribution in [1.82, 2.24) is 0 Å². The molecule has 340 valence electrons. The Hall–Kier alpha value is -7.94. The van der Waals surface area contributed by atoms with Gasteiger partial charge in [-0.1, -0.05) is 257 Å². The molecule has 0 aromatic heterocycles. The first kappa shape index (κ1) is 49.5. The summed E-state index contributed by atoms with van der Waals surface area (Å²) >= 11 is 0. The molecule has 8 aromatic rings. The predicted molar refractivity (Wildman–Crippen MR) is 301 cm³/mol. The highest BCUT2D eigenvalue weighted by molar-refractivity contribution is 6.05. The van der Waals surface area contributed by atoms with Crippen LogP contribution in [0.15, 0.2) is 249 Å². The summed E-state index contributed by atoms with van der Waals surface area (Å²) in [5.74, 6) is 0.329. The fraction of sp³-hybridized carbons (Fsp3) is 0.121. The van der Waals surface area contributed by atoms with Crippen molar-refractivity contribution >= 4 is 44.5 Å². The molecule has 0 fully saturated rings. The highest BCUT2D eigenvalue weighted by Crippen LogP contribution is 2.38. The number of rotatable bonds is 7. The Morgan fingerprint density at radius 2 is 1.12 bits per heavy atom. The average molecular weight is 887 g/mol. The minimum Gasteiger partial charge on any atom is -0.402 e. The van der Waals surface area contributed by atoms with E-state index in [1.54, 1.807) is 6.08 Å². The molecule has 2 nitrogen and oxygen atoms in total. The molecule has 10 rings (SSSR count). The van der Waals surface area contributed by atoms with Crippen molar-refractivity contribution in [2.45, 2.75) is 52.9 Å². The van der Waals surface area contributed by atoms with E-state index in [0.717, 1.165) is 56.4 Å². The molecule has 2 aliphatic carbocycles. The molecule has 0 heterocycles. The monoisotopic (exact) mass is 887 g/mol. The van der Waals surface area contributed by atoms with Gasteiger partial charge in [-0.3, -0.25) is 0 Å². The number of nitrogens with two attached hydrogens (primary N) is 2. The second kappa shape index (κ2) is 25.7. The molecular formula is C66H66N2. The highest BCUT2D eigenvalue weighted by Gasteiger charge is 2.15. The van der Waals surface area contributed by atoms with Gasteiger partial charge in [-0.15, -0.1) is 6.58 Å². The van der Waals surface area contributed by atoms with Gasteiger partial charge < -0.3 is 11.5 Å². The van der Waals surface area contributed by atoms with Gasteiger partial charge in [-0.05, 0) is 105 Å². The molecule has 0 saturated carbocycles. The average Bonchev–Trinajstić information content (AvgIpc) is 3.40. The number of benzene rings is 8. The zero-order valence-electron chi connectivity index (χ0n) is 40.3. The molecule has 0 spiro atoms. The highest BCUT2D eigenvalue weighted by atomic mass is 14.6. The number of anilines is 1. The SMILES string of the molecule is C1=CCCC(c2ccccc2)=C1.C=C(/C=C\c1c(-c2ccc3ccccc3c2N)ccc2ccccc12)c1ccc(C)cc1.C=CC.CC.NC1=CC=CCC1c1ccc(-c2ccccc2)cc1. The van der Waals surface area contributed by atoms with Crippen LogP contribution >= 0.6 is 0 Å². The fourth-order valence-electron chi connectivity index (χ4n) is 8.30. The Labute approximate surface area is 406 Å². The molecule has 0 bridgehead atoms. The topological polar surface area (TPSA) is 52.0 Å². The summed E-state index contributed by atoms with van der Waals surface area (Å²) in [6.45, 7) is 15.6. The van der Waals surface area contributed by atoms with Gasteiger partial charge in [0, 0.05) is 28.3 Å². The molecule has 1 unspecified atom stereocenters. The van der Waals surface area contributed by atoms with Crippen LogP contribution in [0.25, 0.3) is 61.0 Å². The molecule has 2 aliphatic rings. The van der Waals surface area contributed by atoms with Crippen molar-refractivity contribution in [3.8, 4) is 22.3 Å². The van der Waals surface area contributed by atoms with Crippen LogP contribution in [0, 0.1) is 6.92 Å². The molecule has 8 aromatic carbocycles. The standard InChI is InChI=1S/C31H25N.C18H17N.C12H12.C3H6.C2H6/c1-21-11-14-23(15-12-21)22(2)13-18-28-26-9-5-3-7-24(26)16-19-29(28)30-20-17-25-8-4-6-10-27(25)31(30)32;19-18-9-5-4-8-17(18)16-12-10-15(11-13-16)14-6-2-1-3-7-14;1-3-7-11(8-4-1)12-9-5-2-6-10-12;1-3-2;1-2/h3-20H,2,32H2,1H3;1-7,9-13,17H,8,19H2;1-5,7-9H,6,10H2;3H,1H2,2H3;1-2H3/b18-13-;;;;. The number of hydrogen-bond donors (Lipinski definition) is 2. The van der Waals surface area contributed by atoms with Crippen molar-refractivity contribution in [1.29, 1.82) is 0 Å².